The van der Waals surface area contributed by atoms with E-state index in [4.69, 9.17) is 9.47 Å². The Bertz CT molecular complexity index is 1260. The Labute approximate surface area is 218 Å². The van der Waals surface area contributed by atoms with Gasteiger partial charge >= 0.3 is 12.1 Å². The molecule has 0 saturated carbocycles. The molecule has 7 nitrogen and oxygen atoms in total. The van der Waals surface area contributed by atoms with Crippen molar-refractivity contribution in [3.05, 3.63) is 89.0 Å². The van der Waals surface area contributed by atoms with Crippen LogP contribution in [-0.2, 0) is 27.7 Å². The van der Waals surface area contributed by atoms with Crippen LogP contribution in [0.25, 0.3) is 11.1 Å². The Kier molecular flexibility index (Phi) is 8.37. The number of hydrogen-bond acceptors (Lipinski definition) is 7. The van der Waals surface area contributed by atoms with Crippen LogP contribution in [0.5, 0.6) is 0 Å². The number of benzene rings is 3. The third kappa shape index (κ3) is 6.33. The van der Waals surface area contributed by atoms with E-state index in [1.54, 1.807) is 0 Å². The van der Waals surface area contributed by atoms with Crippen LogP contribution in [0.4, 0.5) is 18.9 Å². The Balaban J connectivity index is 1.66. The quantitative estimate of drug-likeness (QED) is 0.259. The van der Waals surface area contributed by atoms with Crippen LogP contribution in [-0.4, -0.2) is 43.2 Å². The first kappa shape index (κ1) is 27.6. The monoisotopic (exact) mass is 530 g/mol. The van der Waals surface area contributed by atoms with E-state index in [0.717, 1.165) is 56.8 Å². The first-order valence-electron chi connectivity index (χ1n) is 12.1. The standard InChI is InChI=1S/C28H29F3N2O5/c1-37-26(34)22-13-21(15-25(16-22)33(35)36)20-11-19(12-24(14-20)28(29,30)31)17-38-18-27(7-9-32-10-8-27)23-5-3-2-4-6-23/h2-6,11-16,32,35-36H,7-10,17-18H2,1H3. The lowest BCUT2D eigenvalue weighted by atomic mass is 9.74. The maximum absolute atomic E-state index is 13.8. The highest BCUT2D eigenvalue weighted by molar-refractivity contribution is 5.92. The Morgan fingerprint density at radius 2 is 1.68 bits per heavy atom. The number of ether oxygens (including phenoxy) is 2. The smallest absolute Gasteiger partial charge is 0.416 e. The van der Waals surface area contributed by atoms with Gasteiger partial charge in [0.05, 0.1) is 37.1 Å². The minimum absolute atomic E-state index is 0.0565. The van der Waals surface area contributed by atoms with E-state index in [0.29, 0.717) is 12.2 Å². The van der Waals surface area contributed by atoms with Crippen molar-refractivity contribution in [1.29, 1.82) is 0 Å². The van der Waals surface area contributed by atoms with Crippen LogP contribution in [0.2, 0.25) is 0 Å². The molecule has 202 valence electrons. The summed E-state index contributed by atoms with van der Waals surface area (Å²) in [7, 11) is 1.15. The van der Waals surface area contributed by atoms with Gasteiger partial charge < -0.3 is 14.8 Å². The molecule has 0 atom stereocenters. The van der Waals surface area contributed by atoms with E-state index < -0.39 is 17.7 Å². The van der Waals surface area contributed by atoms with Gasteiger partial charge in [-0.05, 0) is 84.6 Å². The number of carbonyl (C=O) groups excluding carboxylic acids is 1. The summed E-state index contributed by atoms with van der Waals surface area (Å²) in [6.07, 6.45) is -2.95. The maximum Gasteiger partial charge on any atom is 0.416 e. The number of hydrogen-bond donors (Lipinski definition) is 3. The molecule has 0 unspecified atom stereocenters. The number of alkyl halides is 3. The van der Waals surface area contributed by atoms with E-state index in [9.17, 15) is 28.4 Å². The summed E-state index contributed by atoms with van der Waals surface area (Å²) in [6, 6.07) is 17.2. The second-order valence-electron chi connectivity index (χ2n) is 9.36. The number of piperidine rings is 1. The molecule has 3 aromatic rings. The first-order valence-corrected chi connectivity index (χ1v) is 12.1. The normalized spacial score (nSPS) is 15.2. The summed E-state index contributed by atoms with van der Waals surface area (Å²) in [4.78, 5) is 12.1. The van der Waals surface area contributed by atoms with Gasteiger partial charge in [-0.2, -0.15) is 13.2 Å². The minimum atomic E-state index is -4.63. The molecule has 4 rings (SSSR count). The molecule has 0 amide bonds. The topological polar surface area (TPSA) is 91.3 Å². The lowest BCUT2D eigenvalue weighted by Gasteiger charge is -2.38. The summed E-state index contributed by atoms with van der Waals surface area (Å²) in [6.45, 7) is 1.92. The van der Waals surface area contributed by atoms with Crippen molar-refractivity contribution >= 4 is 11.7 Å². The van der Waals surface area contributed by atoms with Crippen LogP contribution in [0.3, 0.4) is 0 Å². The molecular weight excluding hydrogens is 501 g/mol. The average molecular weight is 531 g/mol. The first-order chi connectivity index (χ1) is 18.1. The third-order valence-corrected chi connectivity index (χ3v) is 6.82. The maximum atomic E-state index is 13.8. The van der Waals surface area contributed by atoms with E-state index in [-0.39, 0.29) is 39.6 Å². The van der Waals surface area contributed by atoms with Gasteiger partial charge in [0.25, 0.3) is 0 Å². The molecule has 1 aliphatic rings. The molecule has 3 N–H and O–H groups in total. The van der Waals surface area contributed by atoms with Crippen molar-refractivity contribution in [2.24, 2.45) is 0 Å². The van der Waals surface area contributed by atoms with E-state index in [1.807, 2.05) is 18.2 Å². The van der Waals surface area contributed by atoms with E-state index in [1.165, 1.54) is 18.2 Å². The zero-order valence-electron chi connectivity index (χ0n) is 20.8. The van der Waals surface area contributed by atoms with Gasteiger partial charge in [-0.15, -0.1) is 5.23 Å². The second-order valence-corrected chi connectivity index (χ2v) is 9.36. The number of methoxy groups -OCH3 is 1. The molecule has 0 aromatic heterocycles. The zero-order chi connectivity index (χ0) is 27.3. The van der Waals surface area contributed by atoms with Gasteiger partial charge in [-0.25, -0.2) is 4.79 Å². The molecular formula is C28H29F3N2O5. The van der Waals surface area contributed by atoms with Crippen molar-refractivity contribution < 1.29 is 37.9 Å². The lowest BCUT2D eigenvalue weighted by Crippen LogP contribution is -2.43. The molecule has 38 heavy (non-hydrogen) atoms. The number of halogens is 3. The fourth-order valence-corrected chi connectivity index (χ4v) is 4.81. The lowest BCUT2D eigenvalue weighted by molar-refractivity contribution is -0.137. The van der Waals surface area contributed by atoms with Gasteiger partial charge in [0.15, 0.2) is 0 Å². The minimum Gasteiger partial charge on any atom is -0.465 e. The van der Waals surface area contributed by atoms with Gasteiger partial charge in [-0.3, -0.25) is 10.4 Å². The van der Waals surface area contributed by atoms with Gasteiger partial charge in [0, 0.05) is 5.41 Å². The molecule has 0 aliphatic carbocycles. The Hall–Kier alpha value is -3.44. The highest BCUT2D eigenvalue weighted by Crippen LogP contribution is 2.37. The molecule has 10 heteroatoms. The van der Waals surface area contributed by atoms with Gasteiger partial charge in [0.1, 0.15) is 0 Å². The summed E-state index contributed by atoms with van der Waals surface area (Å²) >= 11 is 0. The fourth-order valence-electron chi connectivity index (χ4n) is 4.81. The summed E-state index contributed by atoms with van der Waals surface area (Å²) in [5.74, 6) is -0.779. The summed E-state index contributed by atoms with van der Waals surface area (Å²) < 4.78 is 52.2. The van der Waals surface area contributed by atoms with Crippen molar-refractivity contribution in [2.45, 2.75) is 31.0 Å². The number of rotatable bonds is 8. The molecule has 1 fully saturated rings. The highest BCUT2D eigenvalue weighted by atomic mass is 19.4. The molecule has 0 radical (unpaired) electrons. The number of nitrogens with one attached hydrogen (secondary N) is 1. The molecule has 3 aromatic carbocycles. The van der Waals surface area contributed by atoms with Crippen molar-refractivity contribution in [3.8, 4) is 11.1 Å². The van der Waals surface area contributed by atoms with Crippen LogP contribution in [0.15, 0.2) is 66.7 Å². The third-order valence-electron chi connectivity index (χ3n) is 6.82. The molecule has 0 spiro atoms. The zero-order valence-corrected chi connectivity index (χ0v) is 20.8. The SMILES string of the molecule is COC(=O)c1cc(-c2cc(COCC3(c4ccccc4)CCNCC3)cc(C(F)(F)F)c2)cc(N(O)O)c1. The summed E-state index contributed by atoms with van der Waals surface area (Å²) in [5, 5.41) is 22.1. The van der Waals surface area contributed by atoms with E-state index >= 15 is 0 Å². The van der Waals surface area contributed by atoms with Crippen LogP contribution in [0, 0.1) is 0 Å². The van der Waals surface area contributed by atoms with Crippen LogP contribution >= 0.6 is 0 Å². The second kappa shape index (κ2) is 11.5. The van der Waals surface area contributed by atoms with Gasteiger partial charge in [0.2, 0.25) is 0 Å². The molecule has 1 heterocycles. The van der Waals surface area contributed by atoms with Crippen molar-refractivity contribution in [2.75, 3.05) is 32.0 Å². The largest absolute Gasteiger partial charge is 0.465 e. The number of esters is 1. The number of nitrogens with zero attached hydrogens (tertiary/aromatic N) is 1. The highest BCUT2D eigenvalue weighted by Gasteiger charge is 2.35. The summed E-state index contributed by atoms with van der Waals surface area (Å²) in [5.41, 5.74) is 0.329. The fraction of sp³-hybridized carbons (Fsp3) is 0.321. The predicted molar refractivity (Wildman–Crippen MR) is 134 cm³/mol. The Morgan fingerprint density at radius 3 is 2.32 bits per heavy atom. The molecule has 1 aliphatic heterocycles. The van der Waals surface area contributed by atoms with Crippen molar-refractivity contribution in [1.82, 2.24) is 5.32 Å². The number of anilines is 1. The average Bonchev–Trinajstić information content (AvgIpc) is 2.92. The van der Waals surface area contributed by atoms with Crippen molar-refractivity contribution in [3.63, 3.8) is 0 Å². The molecule has 0 bridgehead atoms. The Morgan fingerprint density at radius 1 is 1.00 bits per heavy atom. The number of carbonyl (C=O) groups is 1. The predicted octanol–water partition coefficient (Wildman–Crippen LogP) is 5.58. The molecule has 1 saturated heterocycles. The van der Waals surface area contributed by atoms with Crippen LogP contribution in [0.1, 0.15) is 39.9 Å². The van der Waals surface area contributed by atoms with E-state index in [2.05, 4.69) is 17.4 Å². The van der Waals surface area contributed by atoms with Crippen LogP contribution < -0.4 is 10.5 Å². The van der Waals surface area contributed by atoms with Gasteiger partial charge in [-0.1, -0.05) is 30.3 Å².